The van der Waals surface area contributed by atoms with Crippen molar-refractivity contribution >= 4 is 11.6 Å². The van der Waals surface area contributed by atoms with Gasteiger partial charge in [0.1, 0.15) is 42.1 Å². The van der Waals surface area contributed by atoms with E-state index >= 15 is 0 Å². The highest BCUT2D eigenvalue weighted by atomic mass is 16.6. The van der Waals surface area contributed by atoms with E-state index in [9.17, 15) is 30.0 Å². The Morgan fingerprint density at radius 3 is 2.23 bits per heavy atom. The number of ether oxygens (including phenoxy) is 7. The maximum absolute atomic E-state index is 13.9. The van der Waals surface area contributed by atoms with Crippen LogP contribution < -0.4 is 0 Å². The zero-order valence-electron chi connectivity index (χ0n) is 31.2. The Morgan fingerprint density at radius 1 is 0.736 bits per heavy atom. The second kappa shape index (κ2) is 16.9. The summed E-state index contributed by atoms with van der Waals surface area (Å²) in [5.74, 6) is -0.221. The number of aliphatic hydroxyl groups is 4. The van der Waals surface area contributed by atoms with Crippen LogP contribution in [0.3, 0.4) is 0 Å². The van der Waals surface area contributed by atoms with Crippen molar-refractivity contribution in [3.63, 3.8) is 0 Å². The lowest BCUT2D eigenvalue weighted by Gasteiger charge is -2.46. The molecule has 13 heteroatoms. The number of methoxy groups -OCH3 is 1. The highest BCUT2D eigenvalue weighted by Crippen LogP contribution is 2.43. The maximum Gasteiger partial charge on any atom is 0.135 e. The molecule has 0 saturated carbocycles. The number of ketones is 2. The molecule has 8 bridgehead atoms. The van der Waals surface area contributed by atoms with E-state index in [2.05, 4.69) is 20.1 Å². The number of hydrogen-bond donors (Lipinski definition) is 4. The van der Waals surface area contributed by atoms with Gasteiger partial charge in [0.25, 0.3) is 0 Å². The Balaban J connectivity index is 1.11. The molecule has 0 aromatic carbocycles. The van der Waals surface area contributed by atoms with Crippen LogP contribution in [0.5, 0.6) is 0 Å². The fraction of sp³-hybridized carbons (Fsp3) is 0.850. The summed E-state index contributed by atoms with van der Waals surface area (Å²) in [7, 11) is 1.58. The average Bonchev–Trinajstić information content (AvgIpc) is 3.76. The molecule has 4 N–H and O–H groups in total. The molecular weight excluding hydrogens is 688 g/mol. The van der Waals surface area contributed by atoms with Gasteiger partial charge in [-0.1, -0.05) is 20.1 Å². The van der Waals surface area contributed by atoms with Crippen LogP contribution in [-0.2, 0) is 42.7 Å². The monoisotopic (exact) mass is 748 g/mol. The van der Waals surface area contributed by atoms with Crippen molar-refractivity contribution in [2.75, 3.05) is 13.7 Å². The topological polar surface area (TPSA) is 180 Å². The summed E-state index contributed by atoms with van der Waals surface area (Å²) in [5.41, 5.74) is 2.00. The van der Waals surface area contributed by atoms with Crippen molar-refractivity contribution in [1.29, 1.82) is 0 Å². The van der Waals surface area contributed by atoms with Gasteiger partial charge in [0, 0.05) is 51.6 Å². The van der Waals surface area contributed by atoms with E-state index in [0.29, 0.717) is 32.1 Å². The van der Waals surface area contributed by atoms with Gasteiger partial charge in [-0.25, -0.2) is 0 Å². The van der Waals surface area contributed by atoms with Crippen LogP contribution in [0.1, 0.15) is 90.4 Å². The third-order valence-corrected chi connectivity index (χ3v) is 13.1. The standard InChI is InChI=1S/C40H60O13/c1-19-11-26-7-9-29-20(2)12-25(48-29)6-5-22(42)15-33-35(45)39-40(53-33)36(46)38-30(52-39)10-8-27(50-38)13-23(43)14-28-32(17-31(49-26)21(19)3)51-34(37(28)47-4)16-24(44)18-41/h19,24-41,44-46H,2-3,5-18H2,1,4H3/t19-,24?,25?,26?,27?,28?,29?,30?,31-,32?,33?,34?,35?,36?,37-,38+,39+,40?/m1/s1. The molecule has 13 nitrogen and oxygen atoms in total. The Hall–Kier alpha value is -1.62. The van der Waals surface area contributed by atoms with Crippen molar-refractivity contribution in [1.82, 2.24) is 0 Å². The molecule has 13 unspecified atom stereocenters. The van der Waals surface area contributed by atoms with Crippen molar-refractivity contribution < 1.29 is 63.2 Å². The Morgan fingerprint density at radius 2 is 1.45 bits per heavy atom. The minimum absolute atomic E-state index is 0.00643. The van der Waals surface area contributed by atoms with E-state index in [-0.39, 0.29) is 79.9 Å². The molecule has 0 aliphatic carbocycles. The molecular formula is C40H60O13. The van der Waals surface area contributed by atoms with Crippen LogP contribution in [-0.4, -0.2) is 143 Å². The smallest absolute Gasteiger partial charge is 0.135 e. The molecule has 0 aromatic rings. The van der Waals surface area contributed by atoms with Crippen LogP contribution in [0.4, 0.5) is 0 Å². The van der Waals surface area contributed by atoms with Gasteiger partial charge in [-0.3, -0.25) is 9.59 Å². The second-order valence-corrected chi connectivity index (χ2v) is 16.8. The lowest BCUT2D eigenvalue weighted by atomic mass is 9.81. The highest BCUT2D eigenvalue weighted by Gasteiger charge is 2.57. The molecule has 0 aromatic heterocycles. The van der Waals surface area contributed by atoms with E-state index in [4.69, 9.17) is 33.2 Å². The van der Waals surface area contributed by atoms with Gasteiger partial charge < -0.3 is 53.6 Å². The van der Waals surface area contributed by atoms with Crippen LogP contribution in [0.15, 0.2) is 24.3 Å². The summed E-state index contributed by atoms with van der Waals surface area (Å²) in [5, 5.41) is 42.6. The minimum Gasteiger partial charge on any atom is -0.394 e. The first-order valence-electron chi connectivity index (χ1n) is 19.9. The number of aliphatic hydroxyl groups excluding tert-OH is 4. The predicted molar refractivity (Wildman–Crippen MR) is 189 cm³/mol. The average molecular weight is 749 g/mol. The number of Topliss-reactive ketones (excluding diaryl/α,β-unsaturated/α-hetero) is 2. The number of fused-ring (bicyclic) bond motifs is 7. The van der Waals surface area contributed by atoms with Crippen LogP contribution in [0.25, 0.3) is 0 Å². The van der Waals surface area contributed by atoms with Crippen LogP contribution in [0.2, 0.25) is 0 Å². The van der Waals surface area contributed by atoms with Crippen LogP contribution in [0, 0.1) is 11.8 Å². The summed E-state index contributed by atoms with van der Waals surface area (Å²) < 4.78 is 44.3. The molecule has 7 saturated heterocycles. The fourth-order valence-electron chi connectivity index (χ4n) is 10.1. The Bertz CT molecular complexity index is 1340. The quantitative estimate of drug-likeness (QED) is 0.308. The molecule has 7 fully saturated rings. The molecule has 7 aliphatic rings. The van der Waals surface area contributed by atoms with Crippen LogP contribution >= 0.6 is 0 Å². The van der Waals surface area contributed by atoms with Gasteiger partial charge in [0.2, 0.25) is 0 Å². The first kappa shape index (κ1) is 39.6. The molecule has 0 radical (unpaired) electrons. The molecule has 53 heavy (non-hydrogen) atoms. The van der Waals surface area contributed by atoms with Gasteiger partial charge in [-0.05, 0) is 62.0 Å². The van der Waals surface area contributed by atoms with Gasteiger partial charge in [-0.2, -0.15) is 0 Å². The highest BCUT2D eigenvalue weighted by molar-refractivity contribution is 5.79. The summed E-state index contributed by atoms with van der Waals surface area (Å²) in [6.07, 6.45) is -3.55. The minimum atomic E-state index is -1.10. The van der Waals surface area contributed by atoms with E-state index in [0.717, 1.165) is 30.4 Å². The largest absolute Gasteiger partial charge is 0.394 e. The molecule has 0 amide bonds. The van der Waals surface area contributed by atoms with Crippen molar-refractivity contribution in [2.24, 2.45) is 11.8 Å². The van der Waals surface area contributed by atoms with Gasteiger partial charge in [0.05, 0.1) is 73.8 Å². The second-order valence-electron chi connectivity index (χ2n) is 16.8. The molecule has 0 spiro atoms. The Labute approximate surface area is 312 Å². The SMILES string of the molecule is C=C1CC2CCC(=O)CC3OC4C(O)[C@H]5OC(CCC5O[C@H]4C3O)CC(=O)CC3C(C[C@H]4OC(CCC1O2)C[C@@H](C)C4=C)OC(CC(O)CO)[C@@H]3OC. The molecule has 298 valence electrons. The van der Waals surface area contributed by atoms with Gasteiger partial charge >= 0.3 is 0 Å². The van der Waals surface area contributed by atoms with Crippen molar-refractivity contribution in [3.05, 3.63) is 24.3 Å². The third-order valence-electron chi connectivity index (χ3n) is 13.1. The van der Waals surface area contributed by atoms with Crippen molar-refractivity contribution in [2.45, 2.75) is 188 Å². The van der Waals surface area contributed by atoms with Gasteiger partial charge in [-0.15, -0.1) is 0 Å². The predicted octanol–water partition coefficient (Wildman–Crippen LogP) is 2.27. The van der Waals surface area contributed by atoms with E-state index in [1.165, 1.54) is 0 Å². The van der Waals surface area contributed by atoms with E-state index < -0.39 is 79.9 Å². The van der Waals surface area contributed by atoms with Gasteiger partial charge in [0.15, 0.2) is 0 Å². The normalized spacial score (nSPS) is 47.7. The fourth-order valence-corrected chi connectivity index (χ4v) is 10.1. The summed E-state index contributed by atoms with van der Waals surface area (Å²) in [6, 6.07) is 0. The summed E-state index contributed by atoms with van der Waals surface area (Å²) in [6.45, 7) is 10.4. The number of carbonyl (C=O) groups is 2. The zero-order chi connectivity index (χ0) is 37.6. The first-order chi connectivity index (χ1) is 25.4. The van der Waals surface area contributed by atoms with E-state index in [1.54, 1.807) is 7.11 Å². The number of hydrogen-bond acceptors (Lipinski definition) is 13. The first-order valence-corrected chi connectivity index (χ1v) is 19.9. The van der Waals surface area contributed by atoms with Crippen molar-refractivity contribution in [3.8, 4) is 0 Å². The number of rotatable bonds is 4. The lowest BCUT2D eigenvalue weighted by molar-refractivity contribution is -0.259. The molecule has 7 heterocycles. The molecule has 7 rings (SSSR count). The third kappa shape index (κ3) is 8.56. The molecule has 7 aliphatic heterocycles. The maximum atomic E-state index is 13.9. The summed E-state index contributed by atoms with van der Waals surface area (Å²) in [4.78, 5) is 27.0. The number of carbonyl (C=O) groups excluding carboxylic acids is 2. The Kier molecular flexibility index (Phi) is 12.6. The summed E-state index contributed by atoms with van der Waals surface area (Å²) >= 11 is 0. The molecule has 18 atom stereocenters. The zero-order valence-corrected chi connectivity index (χ0v) is 31.2. The lowest BCUT2D eigenvalue weighted by Crippen LogP contribution is -2.61. The van der Waals surface area contributed by atoms with E-state index in [1.807, 2.05) is 0 Å².